The third-order valence-corrected chi connectivity index (χ3v) is 5.43. The Morgan fingerprint density at radius 3 is 2.69 bits per heavy atom. The summed E-state index contributed by atoms with van der Waals surface area (Å²) < 4.78 is 5.15. The highest BCUT2D eigenvalue weighted by Crippen LogP contribution is 2.25. The number of rotatable bonds is 5. The molecule has 1 aliphatic heterocycles. The van der Waals surface area contributed by atoms with E-state index < -0.39 is 0 Å². The Bertz CT molecular complexity index is 996. The molecule has 1 fully saturated rings. The van der Waals surface area contributed by atoms with Gasteiger partial charge >= 0.3 is 0 Å². The Balaban J connectivity index is 1.51. The van der Waals surface area contributed by atoms with Crippen molar-refractivity contribution < 1.29 is 14.0 Å². The van der Waals surface area contributed by atoms with Crippen LogP contribution in [0.2, 0.25) is 0 Å². The van der Waals surface area contributed by atoms with E-state index in [9.17, 15) is 9.59 Å². The smallest absolute Gasteiger partial charge is 0.291 e. The lowest BCUT2D eigenvalue weighted by molar-refractivity contribution is 0.0736. The molecule has 2 amide bonds. The summed E-state index contributed by atoms with van der Waals surface area (Å²) in [6, 6.07) is 19.2. The fourth-order valence-electron chi connectivity index (χ4n) is 3.85. The first-order valence-electron chi connectivity index (χ1n) is 9.92. The summed E-state index contributed by atoms with van der Waals surface area (Å²) in [5.74, 6) is -0.0775. The van der Waals surface area contributed by atoms with Crippen molar-refractivity contribution in [1.82, 2.24) is 4.90 Å². The summed E-state index contributed by atoms with van der Waals surface area (Å²) in [4.78, 5) is 27.5. The Morgan fingerprint density at radius 2 is 1.93 bits per heavy atom. The maximum atomic E-state index is 13.2. The summed E-state index contributed by atoms with van der Waals surface area (Å²) in [7, 11) is 0. The Morgan fingerprint density at radius 1 is 1.10 bits per heavy atom. The maximum Gasteiger partial charge on any atom is 0.291 e. The molecular weight excluding hydrogens is 364 g/mol. The van der Waals surface area contributed by atoms with Crippen molar-refractivity contribution in [2.24, 2.45) is 0 Å². The van der Waals surface area contributed by atoms with E-state index in [1.54, 1.807) is 18.2 Å². The number of furan rings is 1. The molecular formula is C24H24N2O3. The van der Waals surface area contributed by atoms with Gasteiger partial charge in [0.05, 0.1) is 6.26 Å². The van der Waals surface area contributed by atoms with Crippen LogP contribution in [-0.2, 0) is 6.42 Å². The van der Waals surface area contributed by atoms with Gasteiger partial charge in [0.2, 0.25) is 0 Å². The lowest BCUT2D eigenvalue weighted by atomic mass is 10.0. The average Bonchev–Trinajstić information content (AvgIpc) is 3.42. The highest BCUT2D eigenvalue weighted by molar-refractivity contribution is 6.04. The summed E-state index contributed by atoms with van der Waals surface area (Å²) in [5, 5.41) is 2.85. The first kappa shape index (κ1) is 19.0. The van der Waals surface area contributed by atoms with Crippen molar-refractivity contribution in [2.75, 3.05) is 11.9 Å². The Kier molecular flexibility index (Phi) is 5.47. The second kappa shape index (κ2) is 8.35. The first-order valence-corrected chi connectivity index (χ1v) is 9.92. The molecule has 5 nitrogen and oxygen atoms in total. The van der Waals surface area contributed by atoms with Crippen LogP contribution in [0, 0.1) is 6.92 Å². The van der Waals surface area contributed by atoms with E-state index in [2.05, 4.69) is 17.4 Å². The monoisotopic (exact) mass is 388 g/mol. The predicted molar refractivity (Wildman–Crippen MR) is 112 cm³/mol. The molecule has 3 aromatic rings. The zero-order valence-electron chi connectivity index (χ0n) is 16.4. The largest absolute Gasteiger partial charge is 0.459 e. The van der Waals surface area contributed by atoms with Gasteiger partial charge in [-0.1, -0.05) is 36.4 Å². The van der Waals surface area contributed by atoms with Gasteiger partial charge in [-0.25, -0.2) is 0 Å². The number of carbonyl (C=O) groups is 2. The third kappa shape index (κ3) is 4.24. The predicted octanol–water partition coefficient (Wildman–Crippen LogP) is 4.69. The van der Waals surface area contributed by atoms with E-state index >= 15 is 0 Å². The molecule has 1 unspecified atom stereocenters. The molecule has 1 atom stereocenters. The number of likely N-dealkylation sites (tertiary alicyclic amines) is 1. The van der Waals surface area contributed by atoms with Crippen LogP contribution in [0.15, 0.2) is 71.3 Å². The maximum absolute atomic E-state index is 13.2. The number of hydrogen-bond donors (Lipinski definition) is 1. The molecule has 0 bridgehead atoms. The van der Waals surface area contributed by atoms with E-state index in [4.69, 9.17) is 4.42 Å². The molecule has 1 saturated heterocycles. The molecule has 148 valence electrons. The lowest BCUT2D eigenvalue weighted by Crippen LogP contribution is -2.36. The highest BCUT2D eigenvalue weighted by atomic mass is 16.3. The number of amides is 2. The minimum absolute atomic E-state index is 0.0110. The van der Waals surface area contributed by atoms with Gasteiger partial charge in [0.15, 0.2) is 5.76 Å². The third-order valence-electron chi connectivity index (χ3n) is 5.43. The first-order chi connectivity index (χ1) is 14.1. The van der Waals surface area contributed by atoms with Gasteiger partial charge in [-0.3, -0.25) is 9.59 Å². The van der Waals surface area contributed by atoms with Crippen LogP contribution in [0.5, 0.6) is 0 Å². The fraction of sp³-hybridized carbons (Fsp3) is 0.250. The van der Waals surface area contributed by atoms with E-state index in [0.717, 1.165) is 31.4 Å². The van der Waals surface area contributed by atoms with Crippen molar-refractivity contribution in [3.05, 3.63) is 89.4 Å². The van der Waals surface area contributed by atoms with Crippen LogP contribution < -0.4 is 5.32 Å². The number of nitrogens with zero attached hydrogens (tertiary/aromatic N) is 1. The number of aryl methyl sites for hydroxylation is 1. The molecule has 0 radical (unpaired) electrons. The van der Waals surface area contributed by atoms with Crippen molar-refractivity contribution >= 4 is 17.5 Å². The van der Waals surface area contributed by atoms with Gasteiger partial charge < -0.3 is 14.6 Å². The second-order valence-electron chi connectivity index (χ2n) is 7.45. The van der Waals surface area contributed by atoms with Gasteiger partial charge in [0.25, 0.3) is 11.8 Å². The van der Waals surface area contributed by atoms with Gasteiger partial charge in [-0.15, -0.1) is 0 Å². The normalized spacial score (nSPS) is 16.0. The highest BCUT2D eigenvalue weighted by Gasteiger charge is 2.29. The summed E-state index contributed by atoms with van der Waals surface area (Å²) in [6.07, 6.45) is 4.34. The minimum Gasteiger partial charge on any atom is -0.459 e. The summed E-state index contributed by atoms with van der Waals surface area (Å²) >= 11 is 0. The lowest BCUT2D eigenvalue weighted by Gasteiger charge is -2.25. The number of nitrogens with one attached hydrogen (secondary N) is 1. The van der Waals surface area contributed by atoms with Crippen molar-refractivity contribution in [1.29, 1.82) is 0 Å². The molecule has 0 spiro atoms. The van der Waals surface area contributed by atoms with Gasteiger partial charge in [-0.05, 0) is 61.6 Å². The Labute approximate surface area is 170 Å². The standard InChI is InChI=1S/C24H24N2O3/c1-17-11-12-19(16-21(17)25-23(27)22-10-6-14-29-22)24(28)26-13-5-9-20(26)15-18-7-3-2-4-8-18/h2-4,6-8,10-12,14,16,20H,5,9,13,15H2,1H3,(H,25,27). The number of benzene rings is 2. The van der Waals surface area contributed by atoms with Crippen LogP contribution >= 0.6 is 0 Å². The molecule has 0 saturated carbocycles. The van der Waals surface area contributed by atoms with Crippen LogP contribution in [0.3, 0.4) is 0 Å². The number of anilines is 1. The molecule has 0 aliphatic carbocycles. The van der Waals surface area contributed by atoms with E-state index in [1.165, 1.54) is 11.8 Å². The second-order valence-corrected chi connectivity index (χ2v) is 7.45. The summed E-state index contributed by atoms with van der Waals surface area (Å²) in [6.45, 7) is 2.67. The van der Waals surface area contributed by atoms with Crippen molar-refractivity contribution in [3.63, 3.8) is 0 Å². The zero-order chi connectivity index (χ0) is 20.2. The van der Waals surface area contributed by atoms with Crippen LogP contribution in [0.1, 0.15) is 44.9 Å². The molecule has 2 heterocycles. The number of carbonyl (C=O) groups excluding carboxylic acids is 2. The van der Waals surface area contributed by atoms with Crippen LogP contribution in [0.25, 0.3) is 0 Å². The fourth-order valence-corrected chi connectivity index (χ4v) is 3.85. The molecule has 1 aromatic heterocycles. The van der Waals surface area contributed by atoms with Gasteiger partial charge in [0, 0.05) is 23.8 Å². The zero-order valence-corrected chi connectivity index (χ0v) is 16.4. The van der Waals surface area contributed by atoms with E-state index in [1.807, 2.05) is 42.2 Å². The Hall–Kier alpha value is -3.34. The van der Waals surface area contributed by atoms with E-state index in [0.29, 0.717) is 11.3 Å². The van der Waals surface area contributed by atoms with E-state index in [-0.39, 0.29) is 23.6 Å². The molecule has 2 aromatic carbocycles. The van der Waals surface area contributed by atoms with Gasteiger partial charge in [-0.2, -0.15) is 0 Å². The van der Waals surface area contributed by atoms with Crippen molar-refractivity contribution in [3.8, 4) is 0 Å². The van der Waals surface area contributed by atoms with Crippen LogP contribution in [0.4, 0.5) is 5.69 Å². The molecule has 5 heteroatoms. The molecule has 1 aliphatic rings. The quantitative estimate of drug-likeness (QED) is 0.690. The van der Waals surface area contributed by atoms with Crippen LogP contribution in [-0.4, -0.2) is 29.3 Å². The summed E-state index contributed by atoms with van der Waals surface area (Å²) in [5.41, 5.74) is 3.34. The number of hydrogen-bond acceptors (Lipinski definition) is 3. The minimum atomic E-state index is -0.328. The topological polar surface area (TPSA) is 62.6 Å². The molecule has 29 heavy (non-hydrogen) atoms. The molecule has 1 N–H and O–H groups in total. The van der Waals surface area contributed by atoms with Crippen molar-refractivity contribution in [2.45, 2.75) is 32.2 Å². The SMILES string of the molecule is Cc1ccc(C(=O)N2CCCC2Cc2ccccc2)cc1NC(=O)c1ccco1. The molecule has 4 rings (SSSR count). The van der Waals surface area contributed by atoms with Gasteiger partial charge in [0.1, 0.15) is 0 Å². The average molecular weight is 388 g/mol.